The van der Waals surface area contributed by atoms with Gasteiger partial charge in [0.05, 0.1) is 0 Å². The molecule has 0 spiro atoms. The summed E-state index contributed by atoms with van der Waals surface area (Å²) < 4.78 is 1.15. The molecule has 2 aromatic rings. The molecule has 0 radical (unpaired) electrons. The first-order valence-corrected chi connectivity index (χ1v) is 7.13. The van der Waals surface area contributed by atoms with Gasteiger partial charge in [-0.3, -0.25) is 4.79 Å². The highest BCUT2D eigenvalue weighted by Gasteiger charge is 2.06. The third-order valence-corrected chi connectivity index (χ3v) is 3.68. The molecule has 0 aliphatic heterocycles. The summed E-state index contributed by atoms with van der Waals surface area (Å²) in [5.74, 6) is 0.177. The summed E-state index contributed by atoms with van der Waals surface area (Å²) >= 11 is 2.24. The van der Waals surface area contributed by atoms with Gasteiger partial charge in [-0.15, -0.1) is 0 Å². The molecule has 92 valence electrons. The normalized spacial score (nSPS) is 10.3. The average Bonchev–Trinajstić information content (AvgIpc) is 2.40. The van der Waals surface area contributed by atoms with Crippen molar-refractivity contribution < 1.29 is 4.79 Å². The minimum absolute atomic E-state index is 0.177. The van der Waals surface area contributed by atoms with Gasteiger partial charge in [0.2, 0.25) is 0 Å². The number of halogens is 1. The molecule has 0 aliphatic rings. The number of carbonyl (C=O) groups excluding carboxylic acids is 1. The quantitative estimate of drug-likeness (QED) is 0.594. The third-order valence-electron chi connectivity index (χ3n) is 2.96. The summed E-state index contributed by atoms with van der Waals surface area (Å²) in [6, 6.07) is 16.0. The zero-order valence-electron chi connectivity index (χ0n) is 10.3. The van der Waals surface area contributed by atoms with Gasteiger partial charge < -0.3 is 0 Å². The highest BCUT2D eigenvalue weighted by Crippen LogP contribution is 2.11. The van der Waals surface area contributed by atoms with E-state index in [-0.39, 0.29) is 5.78 Å². The molecule has 0 saturated carbocycles. The van der Waals surface area contributed by atoms with E-state index in [4.69, 9.17) is 0 Å². The van der Waals surface area contributed by atoms with E-state index in [0.717, 1.165) is 21.1 Å². The molecule has 0 heterocycles. The fraction of sp³-hybridized carbons (Fsp3) is 0.188. The van der Waals surface area contributed by atoms with E-state index in [9.17, 15) is 4.79 Å². The van der Waals surface area contributed by atoms with Crippen molar-refractivity contribution >= 4 is 28.4 Å². The summed E-state index contributed by atoms with van der Waals surface area (Å²) in [6.07, 6.45) is 1.51. The van der Waals surface area contributed by atoms with E-state index in [1.165, 1.54) is 5.56 Å². The molecule has 0 aromatic heterocycles. The summed E-state index contributed by atoms with van der Waals surface area (Å²) in [5, 5.41) is 0. The predicted molar refractivity (Wildman–Crippen MR) is 83.0 cm³/mol. The number of ketones is 1. The maximum absolute atomic E-state index is 12.1. The molecule has 0 aliphatic carbocycles. The van der Waals surface area contributed by atoms with Gasteiger partial charge in [0.15, 0.2) is 5.78 Å². The maximum Gasteiger partial charge on any atom is 0.167 e. The second-order valence-electron chi connectivity index (χ2n) is 4.28. The molecule has 1 nitrogen and oxygen atoms in total. The van der Waals surface area contributed by atoms with Crippen LogP contribution in [0.15, 0.2) is 48.5 Å². The van der Waals surface area contributed by atoms with Gasteiger partial charge in [-0.2, -0.15) is 0 Å². The summed E-state index contributed by atoms with van der Waals surface area (Å²) in [5.41, 5.74) is 3.17. The Morgan fingerprint density at radius 2 is 1.50 bits per heavy atom. The largest absolute Gasteiger partial charge is 0.294 e. The van der Waals surface area contributed by atoms with Crippen LogP contribution in [-0.2, 0) is 12.8 Å². The molecule has 0 fully saturated rings. The third kappa shape index (κ3) is 3.42. The number of hydrogen-bond donors (Lipinski definition) is 0. The Bertz CT molecular complexity index is 526. The summed E-state index contributed by atoms with van der Waals surface area (Å²) in [6.45, 7) is 2.13. The fourth-order valence-corrected chi connectivity index (χ4v) is 2.18. The van der Waals surface area contributed by atoms with Crippen molar-refractivity contribution in [1.82, 2.24) is 0 Å². The second kappa shape index (κ2) is 6.14. The van der Waals surface area contributed by atoms with Gasteiger partial charge in [-0.1, -0.05) is 43.3 Å². The first-order chi connectivity index (χ1) is 8.69. The van der Waals surface area contributed by atoms with E-state index in [0.29, 0.717) is 6.42 Å². The number of hydrogen-bond acceptors (Lipinski definition) is 1. The number of carbonyl (C=O) groups is 1. The van der Waals surface area contributed by atoms with Gasteiger partial charge in [0.1, 0.15) is 0 Å². The van der Waals surface area contributed by atoms with Gasteiger partial charge in [-0.05, 0) is 52.3 Å². The molecule has 0 bridgehead atoms. The summed E-state index contributed by atoms with van der Waals surface area (Å²) in [7, 11) is 0. The van der Waals surface area contributed by atoms with Crippen LogP contribution < -0.4 is 0 Å². The van der Waals surface area contributed by atoms with Crippen molar-refractivity contribution in [2.45, 2.75) is 19.8 Å². The topological polar surface area (TPSA) is 17.1 Å². The molecule has 0 amide bonds. The molecule has 0 N–H and O–H groups in total. The molecular weight excluding hydrogens is 335 g/mol. The molecule has 2 rings (SSSR count). The average molecular weight is 350 g/mol. The predicted octanol–water partition coefficient (Wildman–Crippen LogP) is 4.28. The van der Waals surface area contributed by atoms with Crippen LogP contribution in [0.2, 0.25) is 0 Å². The van der Waals surface area contributed by atoms with E-state index < -0.39 is 0 Å². The van der Waals surface area contributed by atoms with Crippen molar-refractivity contribution in [1.29, 1.82) is 0 Å². The standard InChI is InChI=1S/C16H15IO/c1-2-12-3-5-13(6-4-12)11-16(18)14-7-9-15(17)10-8-14/h3-10H,2,11H2,1H3. The minimum Gasteiger partial charge on any atom is -0.294 e. The fourth-order valence-electron chi connectivity index (χ4n) is 1.82. The van der Waals surface area contributed by atoms with Gasteiger partial charge >= 0.3 is 0 Å². The lowest BCUT2D eigenvalue weighted by Crippen LogP contribution is -2.03. The minimum atomic E-state index is 0.177. The Morgan fingerprint density at radius 1 is 0.944 bits per heavy atom. The monoisotopic (exact) mass is 350 g/mol. The zero-order valence-corrected chi connectivity index (χ0v) is 12.5. The highest BCUT2D eigenvalue weighted by molar-refractivity contribution is 14.1. The van der Waals surface area contributed by atoms with Gasteiger partial charge in [0.25, 0.3) is 0 Å². The van der Waals surface area contributed by atoms with E-state index >= 15 is 0 Å². The molecule has 2 heteroatoms. The number of aryl methyl sites for hydroxylation is 1. The number of Topliss-reactive ketones (excluding diaryl/α,β-unsaturated/α-hetero) is 1. The highest BCUT2D eigenvalue weighted by atomic mass is 127. The lowest BCUT2D eigenvalue weighted by Gasteiger charge is -2.03. The lowest BCUT2D eigenvalue weighted by atomic mass is 10.0. The molecule has 0 unspecified atom stereocenters. The van der Waals surface area contributed by atoms with E-state index in [2.05, 4.69) is 41.6 Å². The van der Waals surface area contributed by atoms with E-state index in [1.54, 1.807) is 0 Å². The maximum atomic E-state index is 12.1. The van der Waals surface area contributed by atoms with Crippen LogP contribution in [0.1, 0.15) is 28.4 Å². The van der Waals surface area contributed by atoms with Crippen LogP contribution in [0.5, 0.6) is 0 Å². The summed E-state index contributed by atoms with van der Waals surface area (Å²) in [4.78, 5) is 12.1. The Labute approximate surface area is 121 Å². The van der Waals surface area contributed by atoms with Crippen molar-refractivity contribution in [2.75, 3.05) is 0 Å². The molecular formula is C16H15IO. The van der Waals surface area contributed by atoms with Crippen molar-refractivity contribution in [3.63, 3.8) is 0 Å². The lowest BCUT2D eigenvalue weighted by molar-refractivity contribution is 0.0993. The Balaban J connectivity index is 2.08. The second-order valence-corrected chi connectivity index (χ2v) is 5.52. The first kappa shape index (κ1) is 13.3. The number of rotatable bonds is 4. The molecule has 2 aromatic carbocycles. The first-order valence-electron chi connectivity index (χ1n) is 6.05. The smallest absolute Gasteiger partial charge is 0.167 e. The Kier molecular flexibility index (Phi) is 4.53. The van der Waals surface area contributed by atoms with Crippen LogP contribution in [0.3, 0.4) is 0 Å². The van der Waals surface area contributed by atoms with Crippen molar-refractivity contribution in [3.05, 3.63) is 68.8 Å². The van der Waals surface area contributed by atoms with E-state index in [1.807, 2.05) is 36.4 Å². The van der Waals surface area contributed by atoms with Gasteiger partial charge in [0, 0.05) is 15.6 Å². The van der Waals surface area contributed by atoms with Crippen LogP contribution >= 0.6 is 22.6 Å². The van der Waals surface area contributed by atoms with Crippen LogP contribution in [0, 0.1) is 3.57 Å². The SMILES string of the molecule is CCc1ccc(CC(=O)c2ccc(I)cc2)cc1. The zero-order chi connectivity index (χ0) is 13.0. The Hall–Kier alpha value is -1.16. The van der Waals surface area contributed by atoms with Gasteiger partial charge in [-0.25, -0.2) is 0 Å². The molecule has 18 heavy (non-hydrogen) atoms. The van der Waals surface area contributed by atoms with Crippen molar-refractivity contribution in [2.24, 2.45) is 0 Å². The van der Waals surface area contributed by atoms with Crippen LogP contribution in [0.4, 0.5) is 0 Å². The molecule has 0 atom stereocenters. The molecule has 0 saturated heterocycles. The van der Waals surface area contributed by atoms with Crippen LogP contribution in [0.25, 0.3) is 0 Å². The number of benzene rings is 2. The Morgan fingerprint density at radius 3 is 2.06 bits per heavy atom. The van der Waals surface area contributed by atoms with Crippen molar-refractivity contribution in [3.8, 4) is 0 Å². The van der Waals surface area contributed by atoms with Crippen LogP contribution in [-0.4, -0.2) is 5.78 Å².